The lowest BCUT2D eigenvalue weighted by Gasteiger charge is -2.20. The molecule has 0 saturated heterocycles. The van der Waals surface area contributed by atoms with Gasteiger partial charge in [0.15, 0.2) is 0 Å². The summed E-state index contributed by atoms with van der Waals surface area (Å²) in [4.78, 5) is 0. The minimum absolute atomic E-state index is 0.125. The van der Waals surface area contributed by atoms with Crippen LogP contribution in [0.3, 0.4) is 0 Å². The summed E-state index contributed by atoms with van der Waals surface area (Å²) in [6.45, 7) is 6.14. The van der Waals surface area contributed by atoms with E-state index >= 15 is 0 Å². The predicted molar refractivity (Wildman–Crippen MR) is 79.3 cm³/mol. The Morgan fingerprint density at radius 2 is 0.850 bits per heavy atom. The number of aliphatic hydroxyl groups is 6. The lowest BCUT2D eigenvalue weighted by molar-refractivity contribution is 0.0541. The van der Waals surface area contributed by atoms with Gasteiger partial charge in [-0.2, -0.15) is 0 Å². The molecule has 0 bridgehead atoms. The molecule has 0 aromatic heterocycles. The molecule has 1 aliphatic carbocycles. The van der Waals surface area contributed by atoms with Crippen LogP contribution >= 0.6 is 0 Å². The van der Waals surface area contributed by atoms with Crippen LogP contribution in [0, 0.1) is 0 Å². The van der Waals surface area contributed by atoms with E-state index < -0.39 is 0 Å². The molecule has 0 unspecified atom stereocenters. The fourth-order valence-corrected chi connectivity index (χ4v) is 1.28. The van der Waals surface area contributed by atoms with E-state index in [0.29, 0.717) is 0 Å². The zero-order valence-electron chi connectivity index (χ0n) is 12.3. The van der Waals surface area contributed by atoms with Crippen LogP contribution in [0.15, 0.2) is 13.2 Å². The van der Waals surface area contributed by atoms with Crippen molar-refractivity contribution < 1.29 is 30.6 Å². The van der Waals surface area contributed by atoms with Gasteiger partial charge in [0.2, 0.25) is 0 Å². The van der Waals surface area contributed by atoms with Crippen LogP contribution in [0.5, 0.6) is 0 Å². The van der Waals surface area contributed by atoms with E-state index in [1.54, 1.807) is 0 Å². The highest BCUT2D eigenvalue weighted by molar-refractivity contribution is 4.69. The monoisotopic (exact) mass is 296 g/mol. The summed E-state index contributed by atoms with van der Waals surface area (Å²) in [7, 11) is 0. The van der Waals surface area contributed by atoms with E-state index in [2.05, 4.69) is 13.2 Å². The summed E-state index contributed by atoms with van der Waals surface area (Å²) < 4.78 is 0. The highest BCUT2D eigenvalue weighted by Gasteiger charge is 2.15. The molecule has 1 aliphatic rings. The molecule has 0 aromatic rings. The van der Waals surface area contributed by atoms with Gasteiger partial charge in [-0.15, -0.1) is 13.2 Å². The molecule has 6 nitrogen and oxygen atoms in total. The van der Waals surface area contributed by atoms with Gasteiger partial charge < -0.3 is 30.6 Å². The van der Waals surface area contributed by atoms with Crippen molar-refractivity contribution in [1.82, 2.24) is 0 Å². The molecule has 124 valence electrons. The second-order valence-corrected chi connectivity index (χ2v) is 4.06. The van der Waals surface area contributed by atoms with Crippen LogP contribution in [-0.2, 0) is 0 Å². The highest BCUT2D eigenvalue weighted by atomic mass is 16.3. The molecule has 6 heteroatoms. The van der Waals surface area contributed by atoms with E-state index in [9.17, 15) is 0 Å². The first-order valence-corrected chi connectivity index (χ1v) is 6.91. The summed E-state index contributed by atoms with van der Waals surface area (Å²) in [5.74, 6) is 0. The van der Waals surface area contributed by atoms with Gasteiger partial charge in [0, 0.05) is 13.2 Å². The topological polar surface area (TPSA) is 121 Å². The standard InChI is InChI=1S/C6H12O2.C4H10O2.C2H6O2.C2H4/c7-5-1-2-6(8)4-3-5;5-3-1-2-4-6;3-1-2-4;1-2/h5-8H,1-4H2;5-6H,1-4H2;3-4H,1-2H2;1-2H2. The molecule has 1 fully saturated rings. The maximum atomic E-state index is 8.92. The third-order valence-electron chi connectivity index (χ3n) is 2.33. The van der Waals surface area contributed by atoms with Gasteiger partial charge in [0.1, 0.15) is 0 Å². The lowest BCUT2D eigenvalue weighted by atomic mass is 9.95. The lowest BCUT2D eigenvalue weighted by Crippen LogP contribution is -2.21. The molecule has 0 radical (unpaired) electrons. The normalized spacial score (nSPS) is 20.3. The molecular weight excluding hydrogens is 264 g/mol. The van der Waals surface area contributed by atoms with E-state index in [1.165, 1.54) is 0 Å². The van der Waals surface area contributed by atoms with Crippen LogP contribution in [0.1, 0.15) is 38.5 Å². The highest BCUT2D eigenvalue weighted by Crippen LogP contribution is 2.17. The van der Waals surface area contributed by atoms with Gasteiger partial charge in [0.25, 0.3) is 0 Å². The van der Waals surface area contributed by atoms with Gasteiger partial charge in [-0.25, -0.2) is 0 Å². The van der Waals surface area contributed by atoms with Crippen molar-refractivity contribution in [3.63, 3.8) is 0 Å². The Balaban J connectivity index is -0.000000215. The number of aliphatic hydroxyl groups excluding tert-OH is 6. The molecule has 0 heterocycles. The molecule has 0 amide bonds. The van der Waals surface area contributed by atoms with Crippen molar-refractivity contribution in [2.75, 3.05) is 26.4 Å². The SMILES string of the molecule is C=C.OC1CCC(O)CC1.OCCCCO.OCCO. The Hall–Kier alpha value is -0.500. The predicted octanol–water partition coefficient (Wildman–Crippen LogP) is -0.193. The summed E-state index contributed by atoms with van der Waals surface area (Å²) in [6, 6.07) is 0. The minimum Gasteiger partial charge on any atom is -0.396 e. The van der Waals surface area contributed by atoms with Crippen molar-refractivity contribution in [3.05, 3.63) is 13.2 Å². The number of hydrogen-bond acceptors (Lipinski definition) is 6. The van der Waals surface area contributed by atoms with Crippen molar-refractivity contribution in [2.24, 2.45) is 0 Å². The molecule has 0 aliphatic heterocycles. The minimum atomic E-state index is -0.140. The van der Waals surface area contributed by atoms with Gasteiger partial charge in [0.05, 0.1) is 25.4 Å². The van der Waals surface area contributed by atoms with Crippen LogP contribution in [-0.4, -0.2) is 69.3 Å². The number of rotatable bonds is 4. The quantitative estimate of drug-likeness (QED) is 0.316. The zero-order valence-corrected chi connectivity index (χ0v) is 12.3. The number of unbranched alkanes of at least 4 members (excludes halogenated alkanes) is 1. The third kappa shape index (κ3) is 26.1. The first-order chi connectivity index (χ1) is 9.62. The molecule has 0 atom stereocenters. The summed E-state index contributed by atoms with van der Waals surface area (Å²) >= 11 is 0. The van der Waals surface area contributed by atoms with Gasteiger partial charge >= 0.3 is 0 Å². The van der Waals surface area contributed by atoms with E-state index in [-0.39, 0.29) is 38.6 Å². The molecule has 6 N–H and O–H groups in total. The average Bonchev–Trinajstić information content (AvgIpc) is 2.51. The summed E-state index contributed by atoms with van der Waals surface area (Å²) in [5, 5.41) is 49.3. The molecule has 1 saturated carbocycles. The van der Waals surface area contributed by atoms with Crippen molar-refractivity contribution in [3.8, 4) is 0 Å². The Morgan fingerprint density at radius 3 is 1.00 bits per heavy atom. The van der Waals surface area contributed by atoms with Crippen molar-refractivity contribution >= 4 is 0 Å². The summed E-state index contributed by atoms with van der Waals surface area (Å²) in [5.41, 5.74) is 0. The van der Waals surface area contributed by atoms with Crippen molar-refractivity contribution in [1.29, 1.82) is 0 Å². The average molecular weight is 296 g/mol. The number of hydrogen-bond donors (Lipinski definition) is 6. The zero-order chi connectivity index (χ0) is 16.2. The Labute approximate surface area is 122 Å². The molecule has 20 heavy (non-hydrogen) atoms. The smallest absolute Gasteiger partial charge is 0.0662 e. The van der Waals surface area contributed by atoms with E-state index in [4.69, 9.17) is 30.6 Å². The Kier molecular flexibility index (Phi) is 28.9. The second kappa shape index (κ2) is 23.6. The van der Waals surface area contributed by atoms with E-state index in [0.717, 1.165) is 38.5 Å². The van der Waals surface area contributed by atoms with Crippen LogP contribution in [0.25, 0.3) is 0 Å². The molecule has 1 rings (SSSR count). The van der Waals surface area contributed by atoms with Gasteiger partial charge in [-0.3, -0.25) is 0 Å². The largest absolute Gasteiger partial charge is 0.396 e. The van der Waals surface area contributed by atoms with Crippen molar-refractivity contribution in [2.45, 2.75) is 50.7 Å². The fraction of sp³-hybridized carbons (Fsp3) is 0.857. The van der Waals surface area contributed by atoms with Crippen LogP contribution < -0.4 is 0 Å². The summed E-state index contributed by atoms with van der Waals surface area (Å²) in [6.07, 6.45) is 4.27. The molecular formula is C14H32O6. The van der Waals surface area contributed by atoms with Crippen LogP contribution in [0.4, 0.5) is 0 Å². The van der Waals surface area contributed by atoms with E-state index in [1.807, 2.05) is 0 Å². The molecule has 0 aromatic carbocycles. The first-order valence-electron chi connectivity index (χ1n) is 6.91. The third-order valence-corrected chi connectivity index (χ3v) is 2.33. The maximum absolute atomic E-state index is 8.92. The second-order valence-electron chi connectivity index (χ2n) is 4.06. The fourth-order valence-electron chi connectivity index (χ4n) is 1.28. The Morgan fingerprint density at radius 1 is 0.600 bits per heavy atom. The Bertz CT molecular complexity index is 133. The molecule has 0 spiro atoms. The first kappa shape index (κ1) is 24.5. The maximum Gasteiger partial charge on any atom is 0.0662 e. The van der Waals surface area contributed by atoms with Crippen LogP contribution in [0.2, 0.25) is 0 Å². The van der Waals surface area contributed by atoms with Gasteiger partial charge in [-0.05, 0) is 38.5 Å². The van der Waals surface area contributed by atoms with Gasteiger partial charge in [-0.1, -0.05) is 0 Å².